The van der Waals surface area contributed by atoms with Gasteiger partial charge in [0.2, 0.25) is 17.8 Å². The van der Waals surface area contributed by atoms with Crippen LogP contribution in [-0.2, 0) is 21.4 Å². The lowest BCUT2D eigenvalue weighted by Crippen LogP contribution is -2.58. The summed E-state index contributed by atoms with van der Waals surface area (Å²) in [5, 5.41) is 18.3. The Morgan fingerprint density at radius 3 is 2.59 bits per heavy atom. The van der Waals surface area contributed by atoms with Crippen LogP contribution in [-0.4, -0.2) is 79.8 Å². The van der Waals surface area contributed by atoms with Gasteiger partial charge in [0.1, 0.15) is 10.7 Å². The van der Waals surface area contributed by atoms with E-state index in [9.17, 15) is 19.2 Å². The number of likely N-dealkylation sites (N-methyl/N-ethyl adjacent to an activating group) is 1. The summed E-state index contributed by atoms with van der Waals surface area (Å²) in [5.74, 6) is -0.337. The Kier molecular flexibility index (Phi) is 9.76. The van der Waals surface area contributed by atoms with Crippen molar-refractivity contribution in [2.75, 3.05) is 42.3 Å². The molecule has 1 atom stereocenters. The van der Waals surface area contributed by atoms with Crippen molar-refractivity contribution in [3.63, 3.8) is 0 Å². The molecule has 16 nitrogen and oxygen atoms in total. The molecule has 8 rings (SSSR count). The van der Waals surface area contributed by atoms with Crippen molar-refractivity contribution >= 4 is 74.4 Å². The Hall–Kier alpha value is -5.77. The van der Waals surface area contributed by atoms with Gasteiger partial charge in [-0.1, -0.05) is 11.6 Å². The van der Waals surface area contributed by atoms with Crippen molar-refractivity contribution < 1.29 is 19.1 Å². The fraction of sp³-hybridized carbons (Fsp3) is 0.436. The van der Waals surface area contributed by atoms with E-state index < -0.39 is 5.92 Å². The standard InChI is InChI=1S/C39H44ClN11O5/c1-21(2)51-35-22(14-30(37(51)55)56-18-32(53)41-3)13-24(16-42-35)44-34-28(40)17-43-38(47-34)45-23-9-11-39(12-10-23)19-50(20-39)25-5-6-26-29(15-25)49(4)48-33(26)27-7-8-31(52)46-36(27)54/h5-6,13-17,21,23,27H,7-12,18-20H2,1-4H3,(H,41,53)(H,46,52,54)(H2,43,44,45,47). The molecule has 3 amide bonds. The summed E-state index contributed by atoms with van der Waals surface area (Å²) in [6.07, 6.45) is 8.09. The third-order valence-electron chi connectivity index (χ3n) is 11.2. The number of carbonyl (C=O) groups is 3. The predicted molar refractivity (Wildman–Crippen MR) is 213 cm³/mol. The van der Waals surface area contributed by atoms with E-state index in [0.717, 1.165) is 61.1 Å². The Morgan fingerprint density at radius 1 is 1.07 bits per heavy atom. The van der Waals surface area contributed by atoms with E-state index >= 15 is 0 Å². The highest BCUT2D eigenvalue weighted by Crippen LogP contribution is 2.46. The lowest BCUT2D eigenvalue weighted by atomic mass is 9.67. The maximum absolute atomic E-state index is 13.2. The average Bonchev–Trinajstić information content (AvgIpc) is 3.49. The topological polar surface area (TPSA) is 190 Å². The fourth-order valence-corrected chi connectivity index (χ4v) is 8.37. The molecule has 1 saturated carbocycles. The number of rotatable bonds is 10. The molecule has 0 bridgehead atoms. The number of nitrogens with zero attached hydrogens (tertiary/aromatic N) is 7. The molecule has 1 aliphatic carbocycles. The van der Waals surface area contributed by atoms with Gasteiger partial charge in [-0.3, -0.25) is 33.7 Å². The molecule has 1 unspecified atom stereocenters. The molecule has 5 aromatic rings. The molecule has 0 radical (unpaired) electrons. The third-order valence-corrected chi connectivity index (χ3v) is 11.5. The quantitative estimate of drug-likeness (QED) is 0.145. The number of nitrogens with one attached hydrogen (secondary N) is 4. The number of pyridine rings is 2. The van der Waals surface area contributed by atoms with Crippen LogP contribution in [0.3, 0.4) is 0 Å². The molecular weight excluding hydrogens is 738 g/mol. The Balaban J connectivity index is 0.899. The summed E-state index contributed by atoms with van der Waals surface area (Å²) in [6, 6.07) is 9.75. The molecule has 1 spiro atoms. The van der Waals surface area contributed by atoms with Crippen LogP contribution in [0.25, 0.3) is 21.9 Å². The molecule has 3 aliphatic rings. The zero-order chi connectivity index (χ0) is 39.3. The second-order valence-electron chi connectivity index (χ2n) is 15.4. The van der Waals surface area contributed by atoms with Crippen molar-refractivity contribution in [1.82, 2.24) is 39.9 Å². The number of ether oxygens (including phenoxy) is 1. The first-order valence-electron chi connectivity index (χ1n) is 18.9. The molecule has 2 aliphatic heterocycles. The molecule has 1 aromatic carbocycles. The zero-order valence-electron chi connectivity index (χ0n) is 31.7. The summed E-state index contributed by atoms with van der Waals surface area (Å²) < 4.78 is 8.95. The van der Waals surface area contributed by atoms with Crippen LogP contribution in [0, 0.1) is 5.41 Å². The first-order valence-corrected chi connectivity index (χ1v) is 19.3. The molecule has 3 fully saturated rings. The zero-order valence-corrected chi connectivity index (χ0v) is 32.4. The minimum absolute atomic E-state index is 0.0532. The van der Waals surface area contributed by atoms with E-state index in [2.05, 4.69) is 54.3 Å². The Labute approximate surface area is 327 Å². The number of hydrogen-bond acceptors (Lipinski definition) is 12. The Bertz CT molecular complexity index is 2430. The van der Waals surface area contributed by atoms with E-state index in [-0.39, 0.29) is 53.1 Å². The van der Waals surface area contributed by atoms with Crippen molar-refractivity contribution in [2.24, 2.45) is 12.5 Å². The van der Waals surface area contributed by atoms with E-state index in [1.165, 1.54) is 11.6 Å². The smallest absolute Gasteiger partial charge is 0.294 e. The van der Waals surface area contributed by atoms with E-state index in [0.29, 0.717) is 46.4 Å². The molecular formula is C39H44ClN11O5. The van der Waals surface area contributed by atoms with Gasteiger partial charge >= 0.3 is 0 Å². The molecule has 56 heavy (non-hydrogen) atoms. The number of piperidine rings is 1. The maximum Gasteiger partial charge on any atom is 0.294 e. The monoisotopic (exact) mass is 781 g/mol. The first kappa shape index (κ1) is 37.2. The molecule has 292 valence electrons. The SMILES string of the molecule is CNC(=O)COc1cc2cc(Nc3nc(NC4CCC5(CC4)CN(c4ccc6c(C7CCC(=O)NC7=O)nn(C)c6c4)C5)ncc3Cl)cnc2n(C(C)C)c1=O. The molecule has 4 N–H and O–H groups in total. The highest BCUT2D eigenvalue weighted by atomic mass is 35.5. The van der Waals surface area contributed by atoms with Crippen LogP contribution in [0.5, 0.6) is 5.75 Å². The van der Waals surface area contributed by atoms with E-state index in [1.807, 2.05) is 31.6 Å². The van der Waals surface area contributed by atoms with Gasteiger partial charge in [0.25, 0.3) is 11.5 Å². The van der Waals surface area contributed by atoms with Gasteiger partial charge in [-0.2, -0.15) is 10.1 Å². The number of imide groups is 1. The largest absolute Gasteiger partial charge is 0.478 e. The number of carbonyl (C=O) groups excluding carboxylic acids is 3. The average molecular weight is 782 g/mol. The fourth-order valence-electron chi connectivity index (χ4n) is 8.23. The third kappa shape index (κ3) is 7.08. The Morgan fingerprint density at radius 2 is 1.86 bits per heavy atom. The van der Waals surface area contributed by atoms with Gasteiger partial charge in [-0.25, -0.2) is 9.97 Å². The lowest BCUT2D eigenvalue weighted by molar-refractivity contribution is -0.134. The minimum Gasteiger partial charge on any atom is -0.478 e. The number of fused-ring (bicyclic) bond motifs is 2. The van der Waals surface area contributed by atoms with Crippen LogP contribution in [0.1, 0.15) is 70.0 Å². The van der Waals surface area contributed by atoms with Gasteiger partial charge in [0, 0.05) is 67.6 Å². The summed E-state index contributed by atoms with van der Waals surface area (Å²) in [5.41, 5.74) is 3.81. The summed E-state index contributed by atoms with van der Waals surface area (Å²) in [7, 11) is 3.40. The van der Waals surface area contributed by atoms with Crippen molar-refractivity contribution in [1.29, 1.82) is 0 Å². The van der Waals surface area contributed by atoms with Crippen molar-refractivity contribution in [3.05, 3.63) is 63.8 Å². The van der Waals surface area contributed by atoms with E-state index in [1.54, 1.807) is 18.5 Å². The second kappa shape index (κ2) is 14.7. The van der Waals surface area contributed by atoms with Crippen LogP contribution < -0.4 is 36.5 Å². The molecule has 17 heteroatoms. The van der Waals surface area contributed by atoms with Crippen LogP contribution in [0.4, 0.5) is 23.1 Å². The lowest BCUT2D eigenvalue weighted by Gasteiger charge is -2.54. The van der Waals surface area contributed by atoms with E-state index in [4.69, 9.17) is 26.4 Å². The highest BCUT2D eigenvalue weighted by molar-refractivity contribution is 6.32. The number of hydrogen-bond donors (Lipinski definition) is 4. The van der Waals surface area contributed by atoms with Crippen LogP contribution in [0.2, 0.25) is 5.02 Å². The summed E-state index contributed by atoms with van der Waals surface area (Å²) >= 11 is 6.55. The number of anilines is 4. The number of aryl methyl sites for hydroxylation is 1. The summed E-state index contributed by atoms with van der Waals surface area (Å²) in [6.45, 7) is 5.43. The van der Waals surface area contributed by atoms with Gasteiger partial charge in [0.05, 0.1) is 35.2 Å². The van der Waals surface area contributed by atoms with Crippen LogP contribution in [0.15, 0.2) is 47.5 Å². The van der Waals surface area contributed by atoms with Gasteiger partial charge in [-0.05, 0) is 76.3 Å². The van der Waals surface area contributed by atoms with Gasteiger partial charge in [0.15, 0.2) is 18.2 Å². The normalized spacial score (nSPS) is 18.3. The molecule has 2 saturated heterocycles. The first-order chi connectivity index (χ1) is 26.9. The molecule has 6 heterocycles. The minimum atomic E-state index is -0.424. The molecule has 4 aromatic heterocycles. The van der Waals surface area contributed by atoms with Crippen molar-refractivity contribution in [2.45, 2.75) is 70.4 Å². The number of aromatic nitrogens is 6. The van der Waals surface area contributed by atoms with Crippen molar-refractivity contribution in [3.8, 4) is 5.75 Å². The van der Waals surface area contributed by atoms with Gasteiger partial charge in [-0.15, -0.1) is 0 Å². The number of benzene rings is 1. The van der Waals surface area contributed by atoms with Crippen LogP contribution >= 0.6 is 11.6 Å². The van der Waals surface area contributed by atoms with Gasteiger partial charge < -0.3 is 25.6 Å². The highest BCUT2D eigenvalue weighted by Gasteiger charge is 2.45. The number of halogens is 1. The number of amides is 3. The predicted octanol–water partition coefficient (Wildman–Crippen LogP) is 4.56. The maximum atomic E-state index is 13.2. The summed E-state index contributed by atoms with van der Waals surface area (Å²) in [4.78, 5) is 65.4. The second-order valence-corrected chi connectivity index (χ2v) is 15.8.